The molecule has 2 heterocycles. The van der Waals surface area contributed by atoms with E-state index in [9.17, 15) is 4.79 Å². The molecule has 1 aromatic rings. The quantitative estimate of drug-likeness (QED) is 0.583. The van der Waals surface area contributed by atoms with Crippen LogP contribution in [0, 0.1) is 5.92 Å². The maximum atomic E-state index is 11.9. The van der Waals surface area contributed by atoms with Gasteiger partial charge in [0.05, 0.1) is 6.61 Å². The highest BCUT2D eigenvalue weighted by Gasteiger charge is 2.26. The fraction of sp³-hybridized carbons (Fsp3) is 0.636. The summed E-state index contributed by atoms with van der Waals surface area (Å²) >= 11 is 0. The minimum atomic E-state index is -0.211. The van der Waals surface area contributed by atoms with Crippen LogP contribution in [0.5, 0.6) is 0 Å². The van der Waals surface area contributed by atoms with Crippen LogP contribution < -0.4 is 5.32 Å². The van der Waals surface area contributed by atoms with Crippen LogP contribution >= 0.6 is 0 Å². The molecule has 2 aliphatic heterocycles. The lowest BCUT2D eigenvalue weighted by molar-refractivity contribution is 0.0914. The molecule has 0 spiro atoms. The monoisotopic (exact) mass is 401 g/mol. The largest absolute Gasteiger partial charge is 0.450 e. The van der Waals surface area contributed by atoms with E-state index in [4.69, 9.17) is 4.74 Å². The number of ether oxygens (including phenoxy) is 1. The highest BCUT2D eigenvalue weighted by Crippen LogP contribution is 2.16. The van der Waals surface area contributed by atoms with E-state index in [2.05, 4.69) is 50.4 Å². The Bertz CT molecular complexity index is 658. The Hall–Kier alpha value is -2.28. The number of piperazine rings is 1. The zero-order valence-corrected chi connectivity index (χ0v) is 17.8. The summed E-state index contributed by atoms with van der Waals surface area (Å²) in [4.78, 5) is 22.9. The van der Waals surface area contributed by atoms with Crippen LogP contribution in [0.1, 0.15) is 18.9 Å². The van der Waals surface area contributed by atoms with Gasteiger partial charge in [-0.15, -0.1) is 0 Å². The molecule has 1 atom stereocenters. The fourth-order valence-electron chi connectivity index (χ4n) is 4.10. The smallest absolute Gasteiger partial charge is 0.409 e. The van der Waals surface area contributed by atoms with Crippen molar-refractivity contribution in [2.45, 2.75) is 19.8 Å². The van der Waals surface area contributed by atoms with Gasteiger partial charge in [-0.25, -0.2) is 4.79 Å². The average Bonchev–Trinajstić information content (AvgIpc) is 3.22. The number of carbonyl (C=O) groups is 1. The van der Waals surface area contributed by atoms with Crippen LogP contribution in [-0.2, 0) is 11.2 Å². The molecule has 2 fully saturated rings. The number of carbonyl (C=O) groups excluding carboxylic acids is 1. The predicted molar refractivity (Wildman–Crippen MR) is 116 cm³/mol. The zero-order valence-electron chi connectivity index (χ0n) is 17.8. The van der Waals surface area contributed by atoms with Crippen LogP contribution in [0.3, 0.4) is 0 Å². The number of hydrogen-bond donors (Lipinski definition) is 1. The maximum absolute atomic E-state index is 11.9. The lowest BCUT2D eigenvalue weighted by Gasteiger charge is -2.36. The van der Waals surface area contributed by atoms with E-state index in [1.165, 1.54) is 18.5 Å². The number of aliphatic imine (C=N–C) groups is 1. The van der Waals surface area contributed by atoms with E-state index >= 15 is 0 Å². The topological polar surface area (TPSA) is 60.4 Å². The summed E-state index contributed by atoms with van der Waals surface area (Å²) in [5.41, 5.74) is 1.41. The second-order valence-electron chi connectivity index (χ2n) is 7.79. The van der Waals surface area contributed by atoms with Gasteiger partial charge in [-0.3, -0.25) is 4.99 Å². The van der Waals surface area contributed by atoms with E-state index in [0.29, 0.717) is 25.6 Å². The van der Waals surface area contributed by atoms with Crippen molar-refractivity contribution in [3.63, 3.8) is 0 Å². The van der Waals surface area contributed by atoms with Crippen molar-refractivity contribution >= 4 is 12.1 Å². The van der Waals surface area contributed by atoms with E-state index in [1.807, 2.05) is 14.0 Å². The Morgan fingerprint density at radius 2 is 1.86 bits per heavy atom. The number of nitrogens with zero attached hydrogens (tertiary/aromatic N) is 4. The first-order valence-electron chi connectivity index (χ1n) is 10.8. The molecule has 7 nitrogen and oxygen atoms in total. The third kappa shape index (κ3) is 6.35. The van der Waals surface area contributed by atoms with E-state index in [-0.39, 0.29) is 6.09 Å². The molecule has 7 heteroatoms. The van der Waals surface area contributed by atoms with Crippen LogP contribution in [0.4, 0.5) is 4.79 Å². The molecular weight excluding hydrogens is 366 g/mol. The minimum absolute atomic E-state index is 0.211. The third-order valence-electron chi connectivity index (χ3n) is 5.80. The molecule has 2 saturated heterocycles. The van der Waals surface area contributed by atoms with Crippen molar-refractivity contribution in [2.75, 3.05) is 66.0 Å². The summed E-state index contributed by atoms with van der Waals surface area (Å²) in [5, 5.41) is 3.56. The molecule has 0 saturated carbocycles. The number of hydrogen-bond acceptors (Lipinski definition) is 4. The number of guanidine groups is 1. The molecule has 1 N–H and O–H groups in total. The maximum Gasteiger partial charge on any atom is 0.409 e. The summed E-state index contributed by atoms with van der Waals surface area (Å²) < 4.78 is 5.09. The summed E-state index contributed by atoms with van der Waals surface area (Å²) in [5.74, 6) is 1.60. The molecule has 0 aliphatic carbocycles. The average molecular weight is 402 g/mol. The van der Waals surface area contributed by atoms with Crippen molar-refractivity contribution in [3.8, 4) is 0 Å². The van der Waals surface area contributed by atoms with Gasteiger partial charge >= 0.3 is 6.09 Å². The van der Waals surface area contributed by atoms with Crippen LogP contribution in [0.2, 0.25) is 0 Å². The first-order valence-corrected chi connectivity index (χ1v) is 10.8. The molecular formula is C22H35N5O2. The van der Waals surface area contributed by atoms with Crippen LogP contribution in [0.15, 0.2) is 35.3 Å². The molecule has 29 heavy (non-hydrogen) atoms. The fourth-order valence-corrected chi connectivity index (χ4v) is 4.10. The second-order valence-corrected chi connectivity index (χ2v) is 7.79. The Balaban J connectivity index is 1.36. The van der Waals surface area contributed by atoms with Crippen molar-refractivity contribution in [2.24, 2.45) is 10.9 Å². The van der Waals surface area contributed by atoms with Crippen molar-refractivity contribution in [1.29, 1.82) is 0 Å². The van der Waals surface area contributed by atoms with E-state index in [0.717, 1.165) is 45.1 Å². The van der Waals surface area contributed by atoms with Crippen LogP contribution in [-0.4, -0.2) is 92.8 Å². The van der Waals surface area contributed by atoms with Gasteiger partial charge in [0.2, 0.25) is 0 Å². The Morgan fingerprint density at radius 1 is 1.14 bits per heavy atom. The Kier molecular flexibility index (Phi) is 8.16. The van der Waals surface area contributed by atoms with Gasteiger partial charge in [0.15, 0.2) is 5.96 Å². The molecule has 160 valence electrons. The standard InChI is InChI=1S/C22H35N5O2/c1-3-29-22(28)27-15-13-26(14-16-27)21(23-2)24-17-20-10-12-25(18-20)11-9-19-7-5-4-6-8-19/h4-8,20H,3,9-18H2,1-2H3,(H,23,24). The van der Waals surface area contributed by atoms with Gasteiger partial charge in [-0.1, -0.05) is 30.3 Å². The van der Waals surface area contributed by atoms with Gasteiger partial charge in [-0.2, -0.15) is 0 Å². The Morgan fingerprint density at radius 3 is 2.55 bits per heavy atom. The molecule has 1 unspecified atom stereocenters. The molecule has 0 radical (unpaired) electrons. The third-order valence-corrected chi connectivity index (χ3v) is 5.80. The lowest BCUT2D eigenvalue weighted by atomic mass is 10.1. The van der Waals surface area contributed by atoms with Gasteiger partial charge in [-0.05, 0) is 37.8 Å². The molecule has 3 rings (SSSR count). The zero-order chi connectivity index (χ0) is 20.5. The molecule has 1 amide bonds. The van der Waals surface area contributed by atoms with E-state index < -0.39 is 0 Å². The summed E-state index contributed by atoms with van der Waals surface area (Å²) in [6, 6.07) is 10.7. The van der Waals surface area contributed by atoms with Crippen molar-refractivity contribution < 1.29 is 9.53 Å². The second kappa shape index (κ2) is 11.0. The van der Waals surface area contributed by atoms with Gasteiger partial charge in [0.25, 0.3) is 0 Å². The number of rotatable bonds is 6. The molecule has 1 aromatic carbocycles. The molecule has 0 aromatic heterocycles. The lowest BCUT2D eigenvalue weighted by Crippen LogP contribution is -2.54. The molecule has 2 aliphatic rings. The van der Waals surface area contributed by atoms with E-state index in [1.54, 1.807) is 4.90 Å². The normalized spacial score (nSPS) is 20.8. The summed E-state index contributed by atoms with van der Waals surface area (Å²) in [6.45, 7) is 9.59. The first-order chi connectivity index (χ1) is 14.2. The van der Waals surface area contributed by atoms with Crippen molar-refractivity contribution in [1.82, 2.24) is 20.0 Å². The number of likely N-dealkylation sites (tertiary alicyclic amines) is 1. The van der Waals surface area contributed by atoms with Crippen molar-refractivity contribution in [3.05, 3.63) is 35.9 Å². The summed E-state index contributed by atoms with van der Waals surface area (Å²) in [6.07, 6.45) is 2.14. The molecule has 0 bridgehead atoms. The predicted octanol–water partition coefficient (Wildman–Crippen LogP) is 1.90. The number of benzene rings is 1. The SMILES string of the molecule is CCOC(=O)N1CCN(C(=NC)NCC2CCN(CCc3ccccc3)C2)CC1. The number of amides is 1. The van der Waals surface area contributed by atoms with Crippen LogP contribution in [0.25, 0.3) is 0 Å². The summed E-state index contributed by atoms with van der Waals surface area (Å²) in [7, 11) is 1.83. The minimum Gasteiger partial charge on any atom is -0.450 e. The number of nitrogens with one attached hydrogen (secondary N) is 1. The highest BCUT2D eigenvalue weighted by atomic mass is 16.6. The first kappa shape index (κ1) is 21.4. The highest BCUT2D eigenvalue weighted by molar-refractivity contribution is 5.80. The van der Waals surface area contributed by atoms with Gasteiger partial charge < -0.3 is 24.8 Å². The van der Waals surface area contributed by atoms with Gasteiger partial charge in [0.1, 0.15) is 0 Å². The Labute approximate surface area is 174 Å². The van der Waals surface area contributed by atoms with Gasteiger partial charge in [0, 0.05) is 52.9 Å².